The Labute approximate surface area is 132 Å². The van der Waals surface area contributed by atoms with Crippen molar-refractivity contribution >= 4 is 11.2 Å². The first-order chi connectivity index (χ1) is 10.8. The minimum absolute atomic E-state index is 0.860. The Balaban J connectivity index is 1.83. The highest BCUT2D eigenvalue weighted by Crippen LogP contribution is 2.34. The van der Waals surface area contributed by atoms with Gasteiger partial charge in [-0.1, -0.05) is 43.3 Å². The van der Waals surface area contributed by atoms with E-state index in [0.29, 0.717) is 0 Å². The molecule has 0 aliphatic carbocycles. The van der Waals surface area contributed by atoms with Gasteiger partial charge in [0.25, 0.3) is 0 Å². The van der Waals surface area contributed by atoms with Gasteiger partial charge in [-0.05, 0) is 42.5 Å². The van der Waals surface area contributed by atoms with Crippen LogP contribution in [-0.4, -0.2) is 17.5 Å². The van der Waals surface area contributed by atoms with Gasteiger partial charge >= 0.3 is 0 Å². The van der Waals surface area contributed by atoms with Gasteiger partial charge in [0, 0.05) is 19.3 Å². The number of anilines is 1. The first kappa shape index (κ1) is 13.4. The number of fused-ring (bicyclic) bond motifs is 1. The smallest absolute Gasteiger partial charge is 0.0690 e. The van der Waals surface area contributed by atoms with E-state index < -0.39 is 0 Å². The van der Waals surface area contributed by atoms with E-state index in [1.54, 1.807) is 0 Å². The molecule has 112 valence electrons. The van der Waals surface area contributed by atoms with Crippen LogP contribution in [0.2, 0.25) is 0 Å². The number of piperidine rings is 1. The van der Waals surface area contributed by atoms with Crippen molar-refractivity contribution in [2.45, 2.75) is 19.8 Å². The summed E-state index contributed by atoms with van der Waals surface area (Å²) in [6.07, 6.45) is 4.77. The standard InChI is InChI=1S/C20H22N2/c1-16-10-13-21(14-11-16)20-15-19(17-7-3-2-4-8-17)22-12-6-5-9-18(20)22/h2-9,12,15-16H,10-11,13-14H2,1H3. The molecular weight excluding hydrogens is 268 g/mol. The highest BCUT2D eigenvalue weighted by Gasteiger charge is 2.20. The fourth-order valence-corrected chi connectivity index (χ4v) is 3.47. The maximum Gasteiger partial charge on any atom is 0.0690 e. The molecule has 4 rings (SSSR count). The Hall–Kier alpha value is -2.22. The van der Waals surface area contributed by atoms with Crippen LogP contribution in [0.1, 0.15) is 19.8 Å². The number of hydrogen-bond acceptors (Lipinski definition) is 1. The second-order valence-electron chi connectivity index (χ2n) is 6.41. The molecule has 0 bridgehead atoms. The van der Waals surface area contributed by atoms with E-state index in [1.807, 2.05) is 0 Å². The van der Waals surface area contributed by atoms with Crippen LogP contribution in [0, 0.1) is 5.92 Å². The number of aromatic nitrogens is 1. The molecule has 1 fully saturated rings. The normalized spacial score (nSPS) is 16.3. The first-order valence-corrected chi connectivity index (χ1v) is 8.23. The highest BCUT2D eigenvalue weighted by atomic mass is 15.2. The van der Waals surface area contributed by atoms with Crippen molar-refractivity contribution in [3.05, 3.63) is 60.8 Å². The quantitative estimate of drug-likeness (QED) is 0.655. The van der Waals surface area contributed by atoms with E-state index in [1.165, 1.54) is 48.4 Å². The molecule has 0 radical (unpaired) electrons. The largest absolute Gasteiger partial charge is 0.370 e. The van der Waals surface area contributed by atoms with Crippen LogP contribution in [0.15, 0.2) is 60.8 Å². The van der Waals surface area contributed by atoms with Crippen molar-refractivity contribution in [2.24, 2.45) is 5.92 Å². The molecule has 0 N–H and O–H groups in total. The van der Waals surface area contributed by atoms with Gasteiger partial charge in [-0.2, -0.15) is 0 Å². The van der Waals surface area contributed by atoms with Gasteiger partial charge in [0.1, 0.15) is 0 Å². The van der Waals surface area contributed by atoms with Crippen molar-refractivity contribution in [2.75, 3.05) is 18.0 Å². The van der Waals surface area contributed by atoms with E-state index in [0.717, 1.165) is 5.92 Å². The van der Waals surface area contributed by atoms with Gasteiger partial charge in [-0.15, -0.1) is 0 Å². The van der Waals surface area contributed by atoms with Crippen LogP contribution in [0.5, 0.6) is 0 Å². The molecule has 2 nitrogen and oxygen atoms in total. The zero-order valence-corrected chi connectivity index (χ0v) is 13.1. The minimum atomic E-state index is 0.860. The van der Waals surface area contributed by atoms with Gasteiger partial charge in [0.05, 0.1) is 16.9 Å². The molecule has 2 aromatic heterocycles. The number of rotatable bonds is 2. The van der Waals surface area contributed by atoms with Crippen LogP contribution >= 0.6 is 0 Å². The minimum Gasteiger partial charge on any atom is -0.370 e. The summed E-state index contributed by atoms with van der Waals surface area (Å²) in [5.41, 5.74) is 5.26. The lowest BCUT2D eigenvalue weighted by atomic mass is 9.99. The van der Waals surface area contributed by atoms with Crippen molar-refractivity contribution in [3.63, 3.8) is 0 Å². The van der Waals surface area contributed by atoms with Gasteiger partial charge in [0.2, 0.25) is 0 Å². The fraction of sp³-hybridized carbons (Fsp3) is 0.300. The summed E-state index contributed by atoms with van der Waals surface area (Å²) in [5, 5.41) is 0. The Bertz CT molecular complexity index is 765. The zero-order valence-electron chi connectivity index (χ0n) is 13.1. The van der Waals surface area contributed by atoms with Crippen LogP contribution < -0.4 is 4.90 Å². The topological polar surface area (TPSA) is 7.65 Å². The van der Waals surface area contributed by atoms with E-state index in [2.05, 4.69) is 77.0 Å². The van der Waals surface area contributed by atoms with E-state index in [4.69, 9.17) is 0 Å². The second-order valence-corrected chi connectivity index (χ2v) is 6.41. The third-order valence-electron chi connectivity index (χ3n) is 4.85. The van der Waals surface area contributed by atoms with Gasteiger partial charge in [-0.3, -0.25) is 0 Å². The number of hydrogen-bond donors (Lipinski definition) is 0. The summed E-state index contributed by atoms with van der Waals surface area (Å²) in [6, 6.07) is 19.5. The zero-order chi connectivity index (χ0) is 14.9. The molecule has 1 aliphatic rings. The maximum absolute atomic E-state index is 2.56. The van der Waals surface area contributed by atoms with Crippen LogP contribution in [-0.2, 0) is 0 Å². The predicted octanol–water partition coefficient (Wildman–Crippen LogP) is 4.84. The summed E-state index contributed by atoms with van der Waals surface area (Å²) >= 11 is 0. The number of pyridine rings is 1. The first-order valence-electron chi connectivity index (χ1n) is 8.23. The molecule has 2 heteroatoms. The van der Waals surface area contributed by atoms with E-state index in [9.17, 15) is 0 Å². The average Bonchev–Trinajstić information content (AvgIpc) is 2.96. The maximum atomic E-state index is 2.56. The van der Waals surface area contributed by atoms with Crippen molar-refractivity contribution in [1.29, 1.82) is 0 Å². The Morgan fingerprint density at radius 2 is 1.64 bits per heavy atom. The third kappa shape index (κ3) is 2.29. The number of benzene rings is 1. The molecule has 1 saturated heterocycles. The molecule has 1 aromatic carbocycles. The molecule has 0 amide bonds. The lowest BCUT2D eigenvalue weighted by Gasteiger charge is -2.31. The Kier molecular flexibility index (Phi) is 3.38. The van der Waals surface area contributed by atoms with E-state index in [-0.39, 0.29) is 0 Å². The Morgan fingerprint density at radius 1 is 0.909 bits per heavy atom. The molecule has 0 atom stereocenters. The fourth-order valence-electron chi connectivity index (χ4n) is 3.47. The summed E-state index contributed by atoms with van der Waals surface area (Å²) in [7, 11) is 0. The van der Waals surface area contributed by atoms with Crippen molar-refractivity contribution < 1.29 is 0 Å². The van der Waals surface area contributed by atoms with E-state index >= 15 is 0 Å². The lowest BCUT2D eigenvalue weighted by molar-refractivity contribution is 0.439. The number of nitrogens with zero attached hydrogens (tertiary/aromatic N) is 2. The van der Waals surface area contributed by atoms with Crippen molar-refractivity contribution in [1.82, 2.24) is 4.40 Å². The monoisotopic (exact) mass is 290 g/mol. The molecule has 3 aromatic rings. The average molecular weight is 290 g/mol. The van der Waals surface area contributed by atoms with Crippen LogP contribution in [0.4, 0.5) is 5.69 Å². The molecule has 1 aliphatic heterocycles. The van der Waals surface area contributed by atoms with Gasteiger partial charge in [0.15, 0.2) is 0 Å². The molecule has 22 heavy (non-hydrogen) atoms. The Morgan fingerprint density at radius 3 is 2.41 bits per heavy atom. The molecule has 0 spiro atoms. The lowest BCUT2D eigenvalue weighted by Crippen LogP contribution is -2.32. The SMILES string of the molecule is CC1CCN(c2cc(-c3ccccc3)n3ccccc23)CC1. The summed E-state index contributed by atoms with van der Waals surface area (Å²) < 4.78 is 2.32. The van der Waals surface area contributed by atoms with Crippen LogP contribution in [0.3, 0.4) is 0 Å². The second kappa shape index (κ2) is 5.53. The molecule has 0 unspecified atom stereocenters. The summed E-state index contributed by atoms with van der Waals surface area (Å²) in [4.78, 5) is 2.56. The van der Waals surface area contributed by atoms with Crippen molar-refractivity contribution in [3.8, 4) is 11.3 Å². The molecule has 3 heterocycles. The van der Waals surface area contributed by atoms with Crippen LogP contribution in [0.25, 0.3) is 16.8 Å². The molecule has 0 saturated carbocycles. The predicted molar refractivity (Wildman–Crippen MR) is 93.4 cm³/mol. The third-order valence-corrected chi connectivity index (χ3v) is 4.85. The van der Waals surface area contributed by atoms with Gasteiger partial charge < -0.3 is 9.30 Å². The summed E-state index contributed by atoms with van der Waals surface area (Å²) in [6.45, 7) is 4.71. The highest BCUT2D eigenvalue weighted by molar-refractivity contribution is 5.82. The summed E-state index contributed by atoms with van der Waals surface area (Å²) in [5.74, 6) is 0.860. The van der Waals surface area contributed by atoms with Gasteiger partial charge in [-0.25, -0.2) is 0 Å². The molecular formula is C20H22N2.